The average molecular weight is 392 g/mol. The van der Waals surface area contributed by atoms with Gasteiger partial charge in [-0.2, -0.15) is 0 Å². The molecule has 146 valence electrons. The summed E-state index contributed by atoms with van der Waals surface area (Å²) in [6.07, 6.45) is 3.15. The predicted octanol–water partition coefficient (Wildman–Crippen LogP) is 1.29. The van der Waals surface area contributed by atoms with Crippen molar-refractivity contribution in [2.45, 2.75) is 0 Å². The van der Waals surface area contributed by atoms with E-state index in [0.717, 1.165) is 0 Å². The van der Waals surface area contributed by atoms with E-state index in [9.17, 15) is 9.59 Å². The number of carbonyl (C=O) groups is 1. The van der Waals surface area contributed by atoms with Crippen LogP contribution in [0.4, 0.5) is 0 Å². The lowest BCUT2D eigenvalue weighted by molar-refractivity contribution is 0.0997. The molecule has 0 atom stereocenters. The molecule has 0 aliphatic rings. The third-order valence-corrected chi connectivity index (χ3v) is 4.33. The minimum Gasteiger partial charge on any atom is -0.493 e. The Morgan fingerprint density at radius 1 is 1.07 bits per heavy atom. The van der Waals surface area contributed by atoms with Crippen LogP contribution in [0.1, 0.15) is 10.5 Å². The Morgan fingerprint density at radius 2 is 1.79 bits per heavy atom. The summed E-state index contributed by atoms with van der Waals surface area (Å²) in [6, 6.07) is 8.36. The van der Waals surface area contributed by atoms with E-state index >= 15 is 0 Å². The number of pyridine rings is 1. The van der Waals surface area contributed by atoms with E-state index in [1.54, 1.807) is 42.7 Å². The van der Waals surface area contributed by atoms with E-state index in [1.165, 1.54) is 18.8 Å². The maximum atomic E-state index is 12.7. The monoisotopic (exact) mass is 392 g/mol. The number of methoxy groups -OCH3 is 2. The number of fused-ring (bicyclic) bond motifs is 1. The molecule has 1 amide bonds. The van der Waals surface area contributed by atoms with Crippen molar-refractivity contribution in [1.82, 2.24) is 24.5 Å². The molecule has 0 radical (unpaired) electrons. The van der Waals surface area contributed by atoms with Crippen molar-refractivity contribution < 1.29 is 14.3 Å². The van der Waals surface area contributed by atoms with Crippen molar-refractivity contribution >= 4 is 17.1 Å². The van der Waals surface area contributed by atoms with Crippen LogP contribution in [-0.2, 0) is 0 Å². The van der Waals surface area contributed by atoms with Crippen LogP contribution < -0.4 is 20.9 Å². The number of hydrogen-bond donors (Lipinski definition) is 2. The number of carbonyl (C=O) groups excluding carboxylic acids is 1. The van der Waals surface area contributed by atoms with Gasteiger partial charge in [0.1, 0.15) is 5.52 Å². The summed E-state index contributed by atoms with van der Waals surface area (Å²) in [7, 11) is 3.01. The topological polar surface area (TPSA) is 138 Å². The number of hydrogen-bond acceptors (Lipinski definition) is 7. The molecule has 0 spiro atoms. The molecule has 0 aliphatic heterocycles. The number of amides is 1. The fraction of sp³-hybridized carbons (Fsp3) is 0.105. The second kappa shape index (κ2) is 7.08. The van der Waals surface area contributed by atoms with Gasteiger partial charge in [-0.05, 0) is 24.3 Å². The highest BCUT2D eigenvalue weighted by Crippen LogP contribution is 2.30. The zero-order chi connectivity index (χ0) is 20.5. The van der Waals surface area contributed by atoms with Gasteiger partial charge in [-0.1, -0.05) is 0 Å². The third kappa shape index (κ3) is 3.06. The number of aromatic amines is 1. The van der Waals surface area contributed by atoms with Gasteiger partial charge in [-0.25, -0.2) is 19.3 Å². The maximum Gasteiger partial charge on any atom is 0.332 e. The molecule has 1 aromatic carbocycles. The van der Waals surface area contributed by atoms with Crippen molar-refractivity contribution in [2.24, 2.45) is 5.73 Å². The van der Waals surface area contributed by atoms with Crippen LogP contribution in [0.5, 0.6) is 11.5 Å². The highest BCUT2D eigenvalue weighted by Gasteiger charge is 2.20. The van der Waals surface area contributed by atoms with Gasteiger partial charge in [-0.15, -0.1) is 0 Å². The summed E-state index contributed by atoms with van der Waals surface area (Å²) in [5.41, 5.74) is 6.35. The fourth-order valence-electron chi connectivity index (χ4n) is 3.00. The number of imidazole rings is 1. The zero-order valence-electron chi connectivity index (χ0n) is 15.5. The molecule has 3 heterocycles. The lowest BCUT2D eigenvalue weighted by Gasteiger charge is -2.10. The molecule has 4 aromatic rings. The SMILES string of the molecule is COc1ccc(-n2c(=O)[nH]c3c(C(N)=O)nc(-c4ccncc4)nc32)cc1OC. The Morgan fingerprint density at radius 3 is 2.45 bits per heavy atom. The minimum absolute atomic E-state index is 0.0851. The highest BCUT2D eigenvalue weighted by molar-refractivity contribution is 6.02. The number of nitrogens with zero attached hydrogens (tertiary/aromatic N) is 4. The molecular weight excluding hydrogens is 376 g/mol. The number of ether oxygens (including phenoxy) is 2. The summed E-state index contributed by atoms with van der Waals surface area (Å²) in [5, 5.41) is 0. The van der Waals surface area contributed by atoms with E-state index in [0.29, 0.717) is 22.7 Å². The first-order valence-corrected chi connectivity index (χ1v) is 8.49. The zero-order valence-corrected chi connectivity index (χ0v) is 15.5. The first-order chi connectivity index (χ1) is 14.0. The number of nitrogens with one attached hydrogen (secondary N) is 1. The first-order valence-electron chi connectivity index (χ1n) is 8.49. The number of nitrogens with two attached hydrogens (primary N) is 1. The molecule has 0 saturated carbocycles. The molecule has 10 nitrogen and oxygen atoms in total. The largest absolute Gasteiger partial charge is 0.493 e. The van der Waals surface area contributed by atoms with Crippen LogP contribution in [0.25, 0.3) is 28.2 Å². The maximum absolute atomic E-state index is 12.7. The summed E-state index contributed by atoms with van der Waals surface area (Å²) >= 11 is 0. The number of primary amides is 1. The highest BCUT2D eigenvalue weighted by atomic mass is 16.5. The first kappa shape index (κ1) is 18.2. The van der Waals surface area contributed by atoms with Gasteiger partial charge >= 0.3 is 5.69 Å². The standard InChI is InChI=1S/C19H16N6O4/c1-28-12-4-3-11(9-13(12)29-2)25-18-15(23-19(25)27)14(16(20)26)22-17(24-18)10-5-7-21-8-6-10/h3-9H,1-2H3,(H2,20,26)(H,23,27). The number of benzene rings is 1. The van der Waals surface area contributed by atoms with Gasteiger partial charge in [0.25, 0.3) is 5.91 Å². The predicted molar refractivity (Wildman–Crippen MR) is 104 cm³/mol. The van der Waals surface area contributed by atoms with Gasteiger partial charge < -0.3 is 20.2 Å². The van der Waals surface area contributed by atoms with Gasteiger partial charge in [0.15, 0.2) is 28.7 Å². The molecule has 3 N–H and O–H groups in total. The van der Waals surface area contributed by atoms with Crippen molar-refractivity contribution in [3.05, 3.63) is 58.9 Å². The normalized spacial score (nSPS) is 10.8. The second-order valence-corrected chi connectivity index (χ2v) is 6.00. The quantitative estimate of drug-likeness (QED) is 0.522. The molecule has 29 heavy (non-hydrogen) atoms. The molecule has 10 heteroatoms. The molecular formula is C19H16N6O4. The summed E-state index contributed by atoms with van der Waals surface area (Å²) < 4.78 is 11.9. The van der Waals surface area contributed by atoms with Crippen molar-refractivity contribution in [3.8, 4) is 28.6 Å². The molecule has 0 bridgehead atoms. The molecule has 0 unspecified atom stereocenters. The van der Waals surface area contributed by atoms with Crippen molar-refractivity contribution in [3.63, 3.8) is 0 Å². The Bertz CT molecular complexity index is 1280. The summed E-state index contributed by atoms with van der Waals surface area (Å²) in [5.74, 6) is 0.397. The Balaban J connectivity index is 2.03. The van der Waals surface area contributed by atoms with Crippen LogP contribution in [0.2, 0.25) is 0 Å². The van der Waals surface area contributed by atoms with Gasteiger partial charge in [-0.3, -0.25) is 9.78 Å². The summed E-state index contributed by atoms with van der Waals surface area (Å²) in [4.78, 5) is 40.0. The average Bonchev–Trinajstić information content (AvgIpc) is 3.08. The van der Waals surface area contributed by atoms with E-state index in [-0.39, 0.29) is 22.7 Å². The van der Waals surface area contributed by atoms with Gasteiger partial charge in [0, 0.05) is 24.0 Å². The molecule has 0 fully saturated rings. The van der Waals surface area contributed by atoms with E-state index in [4.69, 9.17) is 15.2 Å². The minimum atomic E-state index is -0.784. The third-order valence-electron chi connectivity index (χ3n) is 4.33. The van der Waals surface area contributed by atoms with E-state index < -0.39 is 11.6 Å². The molecule has 4 rings (SSSR count). The van der Waals surface area contributed by atoms with Crippen LogP contribution in [0.15, 0.2) is 47.5 Å². The molecule has 0 aliphatic carbocycles. The van der Waals surface area contributed by atoms with E-state index in [2.05, 4.69) is 19.9 Å². The lowest BCUT2D eigenvalue weighted by atomic mass is 10.2. The summed E-state index contributed by atoms with van der Waals surface area (Å²) in [6.45, 7) is 0. The molecule has 3 aromatic heterocycles. The number of rotatable bonds is 5. The smallest absolute Gasteiger partial charge is 0.332 e. The van der Waals surface area contributed by atoms with Crippen LogP contribution in [0.3, 0.4) is 0 Å². The van der Waals surface area contributed by atoms with Crippen molar-refractivity contribution in [1.29, 1.82) is 0 Å². The Labute approximate surface area is 164 Å². The second-order valence-electron chi connectivity index (χ2n) is 6.00. The van der Waals surface area contributed by atoms with Crippen LogP contribution >= 0.6 is 0 Å². The fourth-order valence-corrected chi connectivity index (χ4v) is 3.00. The van der Waals surface area contributed by atoms with Crippen LogP contribution in [-0.4, -0.2) is 44.6 Å². The van der Waals surface area contributed by atoms with Crippen molar-refractivity contribution in [2.75, 3.05) is 14.2 Å². The Hall–Kier alpha value is -4.21. The van der Waals surface area contributed by atoms with Gasteiger partial charge in [0.2, 0.25) is 0 Å². The van der Waals surface area contributed by atoms with Gasteiger partial charge in [0.05, 0.1) is 19.9 Å². The van der Waals surface area contributed by atoms with E-state index in [1.807, 2.05) is 0 Å². The number of aromatic nitrogens is 5. The number of H-pyrrole nitrogens is 1. The van der Waals surface area contributed by atoms with Crippen LogP contribution in [0, 0.1) is 0 Å². The lowest BCUT2D eigenvalue weighted by Crippen LogP contribution is -2.15. The molecule has 0 saturated heterocycles. The Kier molecular flexibility index (Phi) is 4.43.